The van der Waals surface area contributed by atoms with E-state index >= 15 is 0 Å². The highest BCUT2D eigenvalue weighted by atomic mass is 15.3. The highest BCUT2D eigenvalue weighted by Crippen LogP contribution is 2.55. The molecule has 0 bridgehead atoms. The second-order valence-corrected chi connectivity index (χ2v) is 7.02. The smallest absolute Gasteiger partial charge is 0.0266 e. The molecule has 2 rings (SSSR count). The molecular formula is C14H27N. The van der Waals surface area contributed by atoms with Crippen LogP contribution in [0.1, 0.15) is 53.9 Å². The molecule has 2 fully saturated rings. The molecule has 1 heteroatoms. The molecule has 0 aromatic carbocycles. The van der Waals surface area contributed by atoms with E-state index < -0.39 is 0 Å². The second-order valence-electron chi connectivity index (χ2n) is 7.02. The number of hydrogen-bond donors (Lipinski definition) is 0. The summed E-state index contributed by atoms with van der Waals surface area (Å²) in [7, 11) is 0. The quantitative estimate of drug-likeness (QED) is 0.672. The largest absolute Gasteiger partial charge is 0.297 e. The standard InChI is InChI=1S/C14H27N/c1-11(2)8-14-9-12(3)10-15(14)7-6-13(14,4)5/h11-12H,6-10H2,1-5H3/t12-,14-/m1/s1. The Hall–Kier alpha value is -0.0400. The third-order valence-electron chi connectivity index (χ3n) is 4.84. The summed E-state index contributed by atoms with van der Waals surface area (Å²) in [5.74, 6) is 1.73. The van der Waals surface area contributed by atoms with Gasteiger partial charge in [-0.15, -0.1) is 0 Å². The molecule has 2 heterocycles. The van der Waals surface area contributed by atoms with Crippen LogP contribution in [0.4, 0.5) is 0 Å². The fourth-order valence-electron chi connectivity index (χ4n) is 4.14. The molecule has 0 spiro atoms. The molecule has 2 aliphatic heterocycles. The Morgan fingerprint density at radius 1 is 1.33 bits per heavy atom. The molecule has 2 aliphatic rings. The maximum atomic E-state index is 2.80. The fourth-order valence-corrected chi connectivity index (χ4v) is 4.14. The van der Waals surface area contributed by atoms with Crippen LogP contribution in [-0.2, 0) is 0 Å². The van der Waals surface area contributed by atoms with E-state index in [0.717, 1.165) is 11.8 Å². The Balaban J connectivity index is 2.28. The molecule has 0 amide bonds. The number of nitrogens with zero attached hydrogens (tertiary/aromatic N) is 1. The van der Waals surface area contributed by atoms with Gasteiger partial charge in [0.1, 0.15) is 0 Å². The lowest BCUT2D eigenvalue weighted by Crippen LogP contribution is -2.48. The Morgan fingerprint density at radius 2 is 2.00 bits per heavy atom. The average molecular weight is 209 g/mol. The van der Waals surface area contributed by atoms with Crippen molar-refractivity contribution in [1.82, 2.24) is 4.90 Å². The van der Waals surface area contributed by atoms with Crippen molar-refractivity contribution in [3.05, 3.63) is 0 Å². The van der Waals surface area contributed by atoms with Crippen LogP contribution >= 0.6 is 0 Å². The zero-order valence-electron chi connectivity index (χ0n) is 11.1. The molecule has 0 aromatic rings. The van der Waals surface area contributed by atoms with Gasteiger partial charge in [-0.3, -0.25) is 4.90 Å². The average Bonchev–Trinajstić information content (AvgIpc) is 2.48. The van der Waals surface area contributed by atoms with Crippen LogP contribution in [0.2, 0.25) is 0 Å². The Labute approximate surface area is 95.2 Å². The van der Waals surface area contributed by atoms with E-state index in [-0.39, 0.29) is 0 Å². The van der Waals surface area contributed by atoms with E-state index in [1.165, 1.54) is 32.4 Å². The van der Waals surface area contributed by atoms with Gasteiger partial charge in [0.15, 0.2) is 0 Å². The SMILES string of the molecule is CC(C)C[C@]12C[C@@H](C)CN1CCC2(C)C. The van der Waals surface area contributed by atoms with Crippen molar-refractivity contribution in [3.63, 3.8) is 0 Å². The molecule has 0 radical (unpaired) electrons. The van der Waals surface area contributed by atoms with Crippen molar-refractivity contribution in [2.24, 2.45) is 17.3 Å². The van der Waals surface area contributed by atoms with Crippen LogP contribution in [0.3, 0.4) is 0 Å². The van der Waals surface area contributed by atoms with Gasteiger partial charge in [-0.05, 0) is 43.1 Å². The van der Waals surface area contributed by atoms with Gasteiger partial charge in [-0.1, -0.05) is 34.6 Å². The Kier molecular flexibility index (Phi) is 2.65. The summed E-state index contributed by atoms with van der Waals surface area (Å²) >= 11 is 0. The topological polar surface area (TPSA) is 3.24 Å². The maximum absolute atomic E-state index is 2.80. The van der Waals surface area contributed by atoms with Gasteiger partial charge in [0.2, 0.25) is 0 Å². The molecule has 88 valence electrons. The molecule has 2 saturated heterocycles. The van der Waals surface area contributed by atoms with Crippen molar-refractivity contribution < 1.29 is 0 Å². The van der Waals surface area contributed by atoms with Crippen molar-refractivity contribution in [1.29, 1.82) is 0 Å². The summed E-state index contributed by atoms with van der Waals surface area (Å²) in [5, 5.41) is 0. The van der Waals surface area contributed by atoms with Crippen molar-refractivity contribution >= 4 is 0 Å². The summed E-state index contributed by atoms with van der Waals surface area (Å²) in [6, 6.07) is 0. The highest BCUT2D eigenvalue weighted by Gasteiger charge is 2.57. The van der Waals surface area contributed by atoms with Crippen LogP contribution in [0, 0.1) is 17.3 Å². The van der Waals surface area contributed by atoms with Crippen LogP contribution in [0.15, 0.2) is 0 Å². The highest BCUT2D eigenvalue weighted by molar-refractivity contribution is 5.11. The molecule has 0 aromatic heterocycles. The molecule has 15 heavy (non-hydrogen) atoms. The molecule has 0 unspecified atom stereocenters. The van der Waals surface area contributed by atoms with E-state index in [1.54, 1.807) is 0 Å². The Morgan fingerprint density at radius 3 is 2.60 bits per heavy atom. The molecule has 0 saturated carbocycles. The van der Waals surface area contributed by atoms with Crippen molar-refractivity contribution in [2.45, 2.75) is 59.4 Å². The number of fused-ring (bicyclic) bond motifs is 1. The summed E-state index contributed by atoms with van der Waals surface area (Å²) in [4.78, 5) is 2.80. The van der Waals surface area contributed by atoms with Gasteiger partial charge in [0, 0.05) is 12.1 Å². The summed E-state index contributed by atoms with van der Waals surface area (Å²) in [5.41, 5.74) is 1.06. The summed E-state index contributed by atoms with van der Waals surface area (Å²) < 4.78 is 0. The predicted molar refractivity (Wildman–Crippen MR) is 65.9 cm³/mol. The van der Waals surface area contributed by atoms with Gasteiger partial charge in [0.25, 0.3) is 0 Å². The molecular weight excluding hydrogens is 182 g/mol. The monoisotopic (exact) mass is 209 g/mol. The first kappa shape index (κ1) is 11.4. The first-order valence-electron chi connectivity index (χ1n) is 6.62. The van der Waals surface area contributed by atoms with Crippen LogP contribution < -0.4 is 0 Å². The third kappa shape index (κ3) is 1.63. The van der Waals surface area contributed by atoms with Gasteiger partial charge >= 0.3 is 0 Å². The minimum absolute atomic E-state index is 0.528. The van der Waals surface area contributed by atoms with Crippen LogP contribution in [-0.4, -0.2) is 23.5 Å². The van der Waals surface area contributed by atoms with E-state index in [0.29, 0.717) is 11.0 Å². The number of hydrogen-bond acceptors (Lipinski definition) is 1. The lowest BCUT2D eigenvalue weighted by atomic mass is 9.67. The zero-order chi connectivity index (χ0) is 11.3. The lowest BCUT2D eigenvalue weighted by molar-refractivity contribution is 0.0697. The van der Waals surface area contributed by atoms with Crippen LogP contribution in [0.5, 0.6) is 0 Å². The van der Waals surface area contributed by atoms with Gasteiger partial charge < -0.3 is 0 Å². The normalized spacial score (nSPS) is 40.0. The zero-order valence-corrected chi connectivity index (χ0v) is 11.1. The van der Waals surface area contributed by atoms with Crippen LogP contribution in [0.25, 0.3) is 0 Å². The van der Waals surface area contributed by atoms with Gasteiger partial charge in [-0.25, -0.2) is 0 Å². The third-order valence-corrected chi connectivity index (χ3v) is 4.84. The van der Waals surface area contributed by atoms with Gasteiger partial charge in [0.05, 0.1) is 0 Å². The molecule has 2 atom stereocenters. The molecule has 1 nitrogen and oxygen atoms in total. The van der Waals surface area contributed by atoms with E-state index in [9.17, 15) is 0 Å². The van der Waals surface area contributed by atoms with Crippen molar-refractivity contribution in [3.8, 4) is 0 Å². The summed E-state index contributed by atoms with van der Waals surface area (Å²) in [6.07, 6.45) is 4.22. The lowest BCUT2D eigenvalue weighted by Gasteiger charge is -2.44. The van der Waals surface area contributed by atoms with Crippen molar-refractivity contribution in [2.75, 3.05) is 13.1 Å². The van der Waals surface area contributed by atoms with E-state index in [4.69, 9.17) is 0 Å². The van der Waals surface area contributed by atoms with E-state index in [1.807, 2.05) is 0 Å². The first-order valence-corrected chi connectivity index (χ1v) is 6.62. The fraction of sp³-hybridized carbons (Fsp3) is 1.00. The first-order chi connectivity index (χ1) is 6.87. The van der Waals surface area contributed by atoms with E-state index in [2.05, 4.69) is 39.5 Å². The maximum Gasteiger partial charge on any atom is 0.0266 e. The molecule has 0 aliphatic carbocycles. The minimum atomic E-state index is 0.528. The minimum Gasteiger partial charge on any atom is -0.297 e. The number of rotatable bonds is 2. The second kappa shape index (κ2) is 3.48. The summed E-state index contributed by atoms with van der Waals surface area (Å²) in [6.45, 7) is 14.9. The van der Waals surface area contributed by atoms with Gasteiger partial charge in [-0.2, -0.15) is 0 Å². The predicted octanol–water partition coefficient (Wildman–Crippen LogP) is 3.54. The Bertz CT molecular complexity index is 244. The molecule has 0 N–H and O–H groups in total.